The highest BCUT2D eigenvalue weighted by Crippen LogP contribution is 2.36. The average Bonchev–Trinajstić information content (AvgIpc) is 2.33. The molecule has 0 saturated heterocycles. The van der Waals surface area contributed by atoms with Gasteiger partial charge in [0.2, 0.25) is 0 Å². The van der Waals surface area contributed by atoms with E-state index in [9.17, 15) is 0 Å². The molecular weight excluding hydrogens is 222 g/mol. The van der Waals surface area contributed by atoms with Crippen LogP contribution in [-0.4, -0.2) is 7.11 Å². The highest BCUT2D eigenvalue weighted by Gasteiger charge is 2.12. The number of rotatable bonds is 2. The maximum atomic E-state index is 5.80. The molecule has 0 bridgehead atoms. The third kappa shape index (κ3) is 2.06. The van der Waals surface area contributed by atoms with Gasteiger partial charge in [-0.25, -0.2) is 0 Å². The zero-order valence-electron chi connectivity index (χ0n) is 11.4. The summed E-state index contributed by atoms with van der Waals surface area (Å²) >= 11 is 0. The predicted molar refractivity (Wildman–Crippen MR) is 77.1 cm³/mol. The average molecular weight is 241 g/mol. The van der Waals surface area contributed by atoms with Crippen LogP contribution in [0.1, 0.15) is 16.7 Å². The first-order valence-corrected chi connectivity index (χ1v) is 6.05. The van der Waals surface area contributed by atoms with E-state index < -0.39 is 0 Å². The number of benzene rings is 2. The quantitative estimate of drug-likeness (QED) is 0.810. The fourth-order valence-corrected chi connectivity index (χ4v) is 2.25. The SMILES string of the molecule is COc1c(-c2ccc(N)cc2C)ccc(C)c1C. The van der Waals surface area contributed by atoms with Gasteiger partial charge in [0, 0.05) is 11.3 Å². The van der Waals surface area contributed by atoms with Gasteiger partial charge in [0.15, 0.2) is 0 Å². The molecule has 0 amide bonds. The van der Waals surface area contributed by atoms with Crippen molar-refractivity contribution in [1.29, 1.82) is 0 Å². The lowest BCUT2D eigenvalue weighted by atomic mass is 9.95. The number of methoxy groups -OCH3 is 1. The first kappa shape index (κ1) is 12.5. The first-order valence-electron chi connectivity index (χ1n) is 6.05. The fourth-order valence-electron chi connectivity index (χ4n) is 2.25. The van der Waals surface area contributed by atoms with Gasteiger partial charge in [-0.1, -0.05) is 18.2 Å². The third-order valence-corrected chi connectivity index (χ3v) is 3.42. The van der Waals surface area contributed by atoms with Crippen LogP contribution in [0.4, 0.5) is 5.69 Å². The Morgan fingerprint density at radius 3 is 2.17 bits per heavy atom. The van der Waals surface area contributed by atoms with Crippen LogP contribution < -0.4 is 10.5 Å². The summed E-state index contributed by atoms with van der Waals surface area (Å²) in [5.74, 6) is 0.947. The van der Waals surface area contributed by atoms with E-state index in [4.69, 9.17) is 10.5 Å². The standard InChI is InChI=1S/C16H19NO/c1-10-5-7-15(16(18-4)12(10)3)14-8-6-13(17)9-11(14)2/h5-9H,17H2,1-4H3. The third-order valence-electron chi connectivity index (χ3n) is 3.42. The minimum atomic E-state index is 0.791. The van der Waals surface area contributed by atoms with Crippen LogP contribution in [-0.2, 0) is 0 Å². The molecule has 2 aromatic rings. The molecule has 0 spiro atoms. The highest BCUT2D eigenvalue weighted by molar-refractivity contribution is 5.76. The minimum Gasteiger partial charge on any atom is -0.496 e. The van der Waals surface area contributed by atoms with Gasteiger partial charge in [0.1, 0.15) is 5.75 Å². The molecule has 0 saturated carbocycles. The lowest BCUT2D eigenvalue weighted by Crippen LogP contribution is -1.95. The second-order valence-corrected chi connectivity index (χ2v) is 4.66. The first-order chi connectivity index (χ1) is 8.54. The molecule has 2 rings (SSSR count). The van der Waals surface area contributed by atoms with Crippen LogP contribution in [0.25, 0.3) is 11.1 Å². The molecule has 0 unspecified atom stereocenters. The number of ether oxygens (including phenoxy) is 1. The summed E-state index contributed by atoms with van der Waals surface area (Å²) in [6.07, 6.45) is 0. The van der Waals surface area contributed by atoms with Crippen molar-refractivity contribution in [2.75, 3.05) is 12.8 Å². The number of nitrogens with two attached hydrogens (primary N) is 1. The van der Waals surface area contributed by atoms with Gasteiger partial charge >= 0.3 is 0 Å². The van der Waals surface area contributed by atoms with Crippen molar-refractivity contribution in [3.8, 4) is 16.9 Å². The highest BCUT2D eigenvalue weighted by atomic mass is 16.5. The topological polar surface area (TPSA) is 35.2 Å². The normalized spacial score (nSPS) is 10.4. The number of nitrogen functional groups attached to an aromatic ring is 1. The van der Waals surface area contributed by atoms with Crippen molar-refractivity contribution in [2.45, 2.75) is 20.8 Å². The van der Waals surface area contributed by atoms with Crippen LogP contribution in [0.15, 0.2) is 30.3 Å². The summed E-state index contributed by atoms with van der Waals surface area (Å²) < 4.78 is 5.57. The molecule has 2 N–H and O–H groups in total. The molecule has 0 heterocycles. The Balaban J connectivity index is 2.67. The lowest BCUT2D eigenvalue weighted by molar-refractivity contribution is 0.413. The summed E-state index contributed by atoms with van der Waals surface area (Å²) in [4.78, 5) is 0. The van der Waals surface area contributed by atoms with Crippen LogP contribution in [0.3, 0.4) is 0 Å². The lowest BCUT2D eigenvalue weighted by Gasteiger charge is -2.15. The van der Waals surface area contributed by atoms with Gasteiger partial charge in [-0.3, -0.25) is 0 Å². The molecule has 2 nitrogen and oxygen atoms in total. The van der Waals surface area contributed by atoms with Crippen LogP contribution in [0.5, 0.6) is 5.75 Å². The van der Waals surface area contributed by atoms with Crippen LogP contribution in [0.2, 0.25) is 0 Å². The van der Waals surface area contributed by atoms with E-state index >= 15 is 0 Å². The summed E-state index contributed by atoms with van der Waals surface area (Å²) in [5, 5.41) is 0. The largest absolute Gasteiger partial charge is 0.496 e. The van der Waals surface area contributed by atoms with E-state index in [1.165, 1.54) is 16.7 Å². The molecule has 0 fully saturated rings. The molecule has 0 aromatic heterocycles. The molecule has 0 aliphatic rings. The van der Waals surface area contributed by atoms with Crippen molar-refractivity contribution in [3.63, 3.8) is 0 Å². The van der Waals surface area contributed by atoms with Crippen molar-refractivity contribution in [2.24, 2.45) is 0 Å². The van der Waals surface area contributed by atoms with Crippen molar-refractivity contribution in [1.82, 2.24) is 0 Å². The zero-order chi connectivity index (χ0) is 13.3. The van der Waals surface area contributed by atoms with E-state index in [-0.39, 0.29) is 0 Å². The second-order valence-electron chi connectivity index (χ2n) is 4.66. The van der Waals surface area contributed by atoms with E-state index in [1.54, 1.807) is 7.11 Å². The van der Waals surface area contributed by atoms with Crippen molar-refractivity contribution in [3.05, 3.63) is 47.0 Å². The summed E-state index contributed by atoms with van der Waals surface area (Å²) in [6, 6.07) is 10.2. The van der Waals surface area contributed by atoms with Crippen molar-refractivity contribution < 1.29 is 4.74 Å². The molecule has 2 heteroatoms. The molecule has 2 aromatic carbocycles. The smallest absolute Gasteiger partial charge is 0.129 e. The summed E-state index contributed by atoms with van der Waals surface area (Å²) in [5.41, 5.74) is 12.5. The number of hydrogen-bond donors (Lipinski definition) is 1. The van der Waals surface area contributed by atoms with Crippen LogP contribution in [0, 0.1) is 20.8 Å². The van der Waals surface area contributed by atoms with Crippen molar-refractivity contribution >= 4 is 5.69 Å². The summed E-state index contributed by atoms with van der Waals surface area (Å²) in [6.45, 7) is 6.25. The van der Waals surface area contributed by atoms with E-state index in [2.05, 4.69) is 39.0 Å². The number of anilines is 1. The molecule has 0 atom stereocenters. The Hall–Kier alpha value is -1.96. The van der Waals surface area contributed by atoms with Gasteiger partial charge in [-0.05, 0) is 55.2 Å². The Kier molecular flexibility index (Phi) is 3.28. The van der Waals surface area contributed by atoms with E-state index in [0.29, 0.717) is 0 Å². The van der Waals surface area contributed by atoms with E-state index in [0.717, 1.165) is 22.6 Å². The predicted octanol–water partition coefficient (Wildman–Crippen LogP) is 3.87. The molecular formula is C16H19NO. The molecule has 18 heavy (non-hydrogen) atoms. The Bertz CT molecular complexity index is 588. The monoisotopic (exact) mass is 241 g/mol. The zero-order valence-corrected chi connectivity index (χ0v) is 11.4. The van der Waals surface area contributed by atoms with Gasteiger partial charge in [-0.2, -0.15) is 0 Å². The molecule has 0 aliphatic carbocycles. The minimum absolute atomic E-state index is 0.791. The van der Waals surface area contributed by atoms with Gasteiger partial charge in [0.25, 0.3) is 0 Å². The fraction of sp³-hybridized carbons (Fsp3) is 0.250. The Morgan fingerprint density at radius 2 is 1.56 bits per heavy atom. The van der Waals surface area contributed by atoms with Gasteiger partial charge in [0.05, 0.1) is 7.11 Å². The molecule has 0 aliphatic heterocycles. The maximum Gasteiger partial charge on any atom is 0.129 e. The summed E-state index contributed by atoms with van der Waals surface area (Å²) in [7, 11) is 1.72. The maximum absolute atomic E-state index is 5.80. The second kappa shape index (κ2) is 4.73. The van der Waals surface area contributed by atoms with E-state index in [1.807, 2.05) is 12.1 Å². The van der Waals surface area contributed by atoms with Gasteiger partial charge in [-0.15, -0.1) is 0 Å². The molecule has 0 radical (unpaired) electrons. The Labute approximate surface area is 108 Å². The van der Waals surface area contributed by atoms with Gasteiger partial charge < -0.3 is 10.5 Å². The Morgan fingerprint density at radius 1 is 0.889 bits per heavy atom. The number of aryl methyl sites for hydroxylation is 2. The number of hydrogen-bond acceptors (Lipinski definition) is 2. The molecule has 94 valence electrons. The van der Waals surface area contributed by atoms with Crippen LogP contribution >= 0.6 is 0 Å².